The van der Waals surface area contributed by atoms with E-state index in [2.05, 4.69) is 10.3 Å². The van der Waals surface area contributed by atoms with Crippen molar-refractivity contribution in [2.24, 2.45) is 5.73 Å². The average Bonchev–Trinajstić information content (AvgIpc) is 3.00. The molecule has 6 nitrogen and oxygen atoms in total. The maximum atomic E-state index is 12.5. The van der Waals surface area contributed by atoms with Crippen LogP contribution in [0, 0.1) is 0 Å². The van der Waals surface area contributed by atoms with Gasteiger partial charge in [0.05, 0.1) is 12.1 Å². The van der Waals surface area contributed by atoms with Crippen LogP contribution in [0.2, 0.25) is 0 Å². The number of esters is 1. The van der Waals surface area contributed by atoms with Crippen LogP contribution in [0.4, 0.5) is 5.69 Å². The lowest BCUT2D eigenvalue weighted by Crippen LogP contribution is -2.32. The topological polar surface area (TPSA) is 97.2 Å². The number of carbonyl (C=O) groups excluding carboxylic acids is 2. The Labute approximate surface area is 163 Å². The molecule has 0 radical (unpaired) electrons. The number of nitrogens with one attached hydrogen (secondary N) is 2. The van der Waals surface area contributed by atoms with Gasteiger partial charge in [0, 0.05) is 36.0 Å². The van der Waals surface area contributed by atoms with E-state index in [-0.39, 0.29) is 24.3 Å². The fourth-order valence-corrected chi connectivity index (χ4v) is 3.85. The van der Waals surface area contributed by atoms with Crippen molar-refractivity contribution < 1.29 is 14.3 Å². The van der Waals surface area contributed by atoms with Crippen molar-refractivity contribution in [3.8, 4) is 0 Å². The van der Waals surface area contributed by atoms with Gasteiger partial charge in [-0.15, -0.1) is 0 Å². The van der Waals surface area contributed by atoms with Crippen molar-refractivity contribution in [1.82, 2.24) is 4.98 Å². The highest BCUT2D eigenvalue weighted by molar-refractivity contribution is 5.94. The third kappa shape index (κ3) is 3.77. The van der Waals surface area contributed by atoms with Gasteiger partial charge in [-0.25, -0.2) is 0 Å². The Bertz CT molecular complexity index is 1030. The number of ether oxygens (including phenoxy) is 1. The molecule has 1 aliphatic rings. The Hall–Kier alpha value is -3.12. The minimum atomic E-state index is -0.397. The van der Waals surface area contributed by atoms with E-state index in [0.29, 0.717) is 12.8 Å². The van der Waals surface area contributed by atoms with Crippen LogP contribution in [0.1, 0.15) is 36.3 Å². The molecule has 4 rings (SSSR count). The molecule has 1 amide bonds. The molecule has 0 fully saturated rings. The zero-order valence-electron chi connectivity index (χ0n) is 15.7. The molecule has 1 aliphatic carbocycles. The van der Waals surface area contributed by atoms with Crippen molar-refractivity contribution in [1.29, 1.82) is 0 Å². The summed E-state index contributed by atoms with van der Waals surface area (Å²) in [4.78, 5) is 27.2. The van der Waals surface area contributed by atoms with Gasteiger partial charge in [-0.1, -0.05) is 30.3 Å². The van der Waals surface area contributed by atoms with Crippen molar-refractivity contribution >= 4 is 28.5 Å². The van der Waals surface area contributed by atoms with Gasteiger partial charge in [0.1, 0.15) is 6.10 Å². The summed E-state index contributed by atoms with van der Waals surface area (Å²) in [6.45, 7) is 1.48. The Morgan fingerprint density at radius 3 is 2.75 bits per heavy atom. The van der Waals surface area contributed by atoms with Crippen LogP contribution in [-0.4, -0.2) is 22.9 Å². The van der Waals surface area contributed by atoms with Crippen LogP contribution >= 0.6 is 0 Å². The third-order valence-electron chi connectivity index (χ3n) is 5.03. The smallest absolute Gasteiger partial charge is 0.310 e. The molecular weight excluding hydrogens is 354 g/mol. The molecule has 6 heteroatoms. The van der Waals surface area contributed by atoms with Crippen molar-refractivity contribution in [2.45, 2.75) is 38.3 Å². The second-order valence-electron chi connectivity index (χ2n) is 7.30. The minimum absolute atomic E-state index is 0.0922. The number of aromatic nitrogens is 1. The molecule has 2 atom stereocenters. The highest BCUT2D eigenvalue weighted by atomic mass is 16.5. The first-order valence-corrected chi connectivity index (χ1v) is 9.40. The SMILES string of the molecule is CC(=O)Nc1ccc2[nH]c3c(c2c1)CC(N)CC3OC(=O)Cc1ccccc1. The number of hydrogen-bond donors (Lipinski definition) is 3. The molecule has 2 aromatic carbocycles. The summed E-state index contributed by atoms with van der Waals surface area (Å²) in [7, 11) is 0. The minimum Gasteiger partial charge on any atom is -0.456 e. The van der Waals surface area contributed by atoms with Crippen molar-refractivity contribution in [3.63, 3.8) is 0 Å². The van der Waals surface area contributed by atoms with Gasteiger partial charge in [0.2, 0.25) is 5.91 Å². The molecule has 4 N–H and O–H groups in total. The highest BCUT2D eigenvalue weighted by Crippen LogP contribution is 2.37. The van der Waals surface area contributed by atoms with Crippen LogP contribution in [0.25, 0.3) is 10.9 Å². The second-order valence-corrected chi connectivity index (χ2v) is 7.30. The van der Waals surface area contributed by atoms with Crippen LogP contribution in [0.15, 0.2) is 48.5 Å². The summed E-state index contributed by atoms with van der Waals surface area (Å²) in [5.41, 5.74) is 10.8. The maximum Gasteiger partial charge on any atom is 0.310 e. The molecule has 0 saturated heterocycles. The number of benzene rings is 2. The van der Waals surface area contributed by atoms with E-state index in [9.17, 15) is 9.59 Å². The predicted molar refractivity (Wildman–Crippen MR) is 108 cm³/mol. The summed E-state index contributed by atoms with van der Waals surface area (Å²) >= 11 is 0. The molecular formula is C22H23N3O3. The monoisotopic (exact) mass is 377 g/mol. The van der Waals surface area contributed by atoms with Gasteiger partial charge in [-0.05, 0) is 35.7 Å². The van der Waals surface area contributed by atoms with Crippen LogP contribution in [0.3, 0.4) is 0 Å². The first-order chi connectivity index (χ1) is 13.5. The van der Waals surface area contributed by atoms with Crippen LogP contribution < -0.4 is 11.1 Å². The lowest BCUT2D eigenvalue weighted by molar-refractivity contribution is -0.149. The Morgan fingerprint density at radius 1 is 1.21 bits per heavy atom. The molecule has 0 aliphatic heterocycles. The summed E-state index contributed by atoms with van der Waals surface area (Å²) in [6, 6.07) is 15.2. The zero-order valence-corrected chi connectivity index (χ0v) is 15.7. The van der Waals surface area contributed by atoms with E-state index in [4.69, 9.17) is 10.5 Å². The van der Waals surface area contributed by atoms with Gasteiger partial charge < -0.3 is 20.8 Å². The molecule has 0 saturated carbocycles. The van der Waals surface area contributed by atoms with E-state index in [1.165, 1.54) is 6.92 Å². The Kier molecular flexibility index (Phi) is 4.88. The highest BCUT2D eigenvalue weighted by Gasteiger charge is 2.31. The lowest BCUT2D eigenvalue weighted by Gasteiger charge is -2.27. The number of amides is 1. The number of rotatable bonds is 4. The standard InChI is InChI=1S/C22H23N3O3/c1-13(26)24-16-7-8-19-17(12-16)18-10-15(23)11-20(22(18)25-19)28-21(27)9-14-5-3-2-4-6-14/h2-8,12,15,20,25H,9-11,23H2,1H3,(H,24,26). The van der Waals surface area contributed by atoms with Gasteiger partial charge in [-0.3, -0.25) is 9.59 Å². The summed E-state index contributed by atoms with van der Waals surface area (Å²) < 4.78 is 5.80. The van der Waals surface area contributed by atoms with E-state index in [1.54, 1.807) is 0 Å². The second kappa shape index (κ2) is 7.48. The molecule has 1 aromatic heterocycles. The number of anilines is 1. The van der Waals surface area contributed by atoms with E-state index in [0.717, 1.165) is 33.4 Å². The van der Waals surface area contributed by atoms with Gasteiger partial charge in [0.15, 0.2) is 0 Å². The number of nitrogens with two attached hydrogens (primary N) is 1. The predicted octanol–water partition coefficient (Wildman–Crippen LogP) is 3.23. The fourth-order valence-electron chi connectivity index (χ4n) is 3.85. The zero-order chi connectivity index (χ0) is 19.7. The summed E-state index contributed by atoms with van der Waals surface area (Å²) in [5, 5.41) is 3.81. The van der Waals surface area contributed by atoms with Crippen molar-refractivity contribution in [2.75, 3.05) is 5.32 Å². The number of fused-ring (bicyclic) bond motifs is 3. The first-order valence-electron chi connectivity index (χ1n) is 9.40. The fraction of sp³-hybridized carbons (Fsp3) is 0.273. The van der Waals surface area contributed by atoms with E-state index < -0.39 is 6.10 Å². The van der Waals surface area contributed by atoms with Crippen LogP contribution in [0.5, 0.6) is 0 Å². The number of carbonyl (C=O) groups is 2. The summed E-state index contributed by atoms with van der Waals surface area (Å²) in [6.07, 6.45) is 1.12. The first kappa shape index (κ1) is 18.3. The Morgan fingerprint density at radius 2 is 2.00 bits per heavy atom. The number of H-pyrrole nitrogens is 1. The number of hydrogen-bond acceptors (Lipinski definition) is 4. The molecule has 0 bridgehead atoms. The number of aromatic amines is 1. The largest absolute Gasteiger partial charge is 0.456 e. The van der Waals surface area contributed by atoms with Gasteiger partial charge in [-0.2, -0.15) is 0 Å². The Balaban J connectivity index is 1.61. The van der Waals surface area contributed by atoms with Crippen molar-refractivity contribution in [3.05, 3.63) is 65.4 Å². The molecule has 28 heavy (non-hydrogen) atoms. The van der Waals surface area contributed by atoms with E-state index >= 15 is 0 Å². The normalized spacial score (nSPS) is 18.5. The van der Waals surface area contributed by atoms with Gasteiger partial charge in [0.25, 0.3) is 0 Å². The maximum absolute atomic E-state index is 12.5. The molecule has 0 spiro atoms. The van der Waals surface area contributed by atoms with E-state index in [1.807, 2.05) is 48.5 Å². The molecule has 1 heterocycles. The average molecular weight is 377 g/mol. The molecule has 2 unspecified atom stereocenters. The molecule has 144 valence electrons. The summed E-state index contributed by atoms with van der Waals surface area (Å²) in [5.74, 6) is -0.387. The van der Waals surface area contributed by atoms with Crippen LogP contribution in [-0.2, 0) is 27.2 Å². The quantitative estimate of drug-likeness (QED) is 0.608. The third-order valence-corrected chi connectivity index (χ3v) is 5.03. The van der Waals surface area contributed by atoms with Gasteiger partial charge >= 0.3 is 5.97 Å². The lowest BCUT2D eigenvalue weighted by atomic mass is 9.90. The molecule has 3 aromatic rings.